The maximum Gasteiger partial charge on any atom is 0.243 e. The van der Waals surface area contributed by atoms with Gasteiger partial charge in [-0.1, -0.05) is 6.07 Å². The largest absolute Gasteiger partial charge is 0.494 e. The summed E-state index contributed by atoms with van der Waals surface area (Å²) in [5.74, 6) is 0.982. The molecule has 0 radical (unpaired) electrons. The second-order valence-electron chi connectivity index (χ2n) is 5.34. The van der Waals surface area contributed by atoms with E-state index in [-0.39, 0.29) is 0 Å². The molecular formula is C15H24N2O3S. The first-order valence-electron chi connectivity index (χ1n) is 7.45. The second-order valence-corrected chi connectivity index (χ2v) is 7.27. The number of hydrogen-bond acceptors (Lipinski definition) is 4. The molecule has 1 heterocycles. The summed E-state index contributed by atoms with van der Waals surface area (Å²) in [6.45, 7) is 4.44. The van der Waals surface area contributed by atoms with Crippen molar-refractivity contribution in [3.63, 3.8) is 0 Å². The zero-order chi connectivity index (χ0) is 15.3. The summed E-state index contributed by atoms with van der Waals surface area (Å²) in [6, 6.07) is 6.76. The van der Waals surface area contributed by atoms with Crippen LogP contribution in [0, 0.1) is 5.92 Å². The van der Waals surface area contributed by atoms with E-state index in [0.29, 0.717) is 36.3 Å². The number of piperidine rings is 1. The van der Waals surface area contributed by atoms with Crippen molar-refractivity contribution in [3.05, 3.63) is 24.3 Å². The molecule has 1 N–H and O–H groups in total. The Morgan fingerprint density at radius 3 is 2.95 bits per heavy atom. The lowest BCUT2D eigenvalue weighted by atomic mass is 10.00. The van der Waals surface area contributed by atoms with Crippen molar-refractivity contribution in [2.75, 3.05) is 33.3 Å². The highest BCUT2D eigenvalue weighted by atomic mass is 32.2. The van der Waals surface area contributed by atoms with Gasteiger partial charge in [-0.2, -0.15) is 4.31 Å². The highest BCUT2D eigenvalue weighted by molar-refractivity contribution is 7.89. The molecule has 5 nitrogen and oxygen atoms in total. The molecule has 0 aromatic heterocycles. The molecule has 0 bridgehead atoms. The van der Waals surface area contributed by atoms with Gasteiger partial charge in [-0.25, -0.2) is 8.42 Å². The maximum atomic E-state index is 12.7. The van der Waals surface area contributed by atoms with Crippen molar-refractivity contribution in [1.29, 1.82) is 0 Å². The third-order valence-electron chi connectivity index (χ3n) is 3.73. The van der Waals surface area contributed by atoms with Crippen LogP contribution in [0.1, 0.15) is 19.8 Å². The van der Waals surface area contributed by atoms with Gasteiger partial charge in [0.05, 0.1) is 11.5 Å². The Hall–Kier alpha value is -1.11. The summed E-state index contributed by atoms with van der Waals surface area (Å²) in [4.78, 5) is 0.318. The number of hydrogen-bond donors (Lipinski definition) is 1. The van der Waals surface area contributed by atoms with Crippen molar-refractivity contribution in [2.24, 2.45) is 5.92 Å². The molecule has 118 valence electrons. The Bertz CT molecular complexity index is 558. The zero-order valence-electron chi connectivity index (χ0n) is 12.7. The molecule has 21 heavy (non-hydrogen) atoms. The first kappa shape index (κ1) is 16.3. The molecule has 1 aromatic rings. The lowest BCUT2D eigenvalue weighted by Gasteiger charge is -2.31. The fraction of sp³-hybridized carbons (Fsp3) is 0.600. The van der Waals surface area contributed by atoms with Crippen LogP contribution >= 0.6 is 0 Å². The van der Waals surface area contributed by atoms with E-state index in [1.54, 1.807) is 28.6 Å². The normalized spacial score (nSPS) is 20.4. The van der Waals surface area contributed by atoms with E-state index in [9.17, 15) is 8.42 Å². The van der Waals surface area contributed by atoms with Gasteiger partial charge in [0.1, 0.15) is 5.75 Å². The van der Waals surface area contributed by atoms with Crippen LogP contribution in [0.2, 0.25) is 0 Å². The fourth-order valence-electron chi connectivity index (χ4n) is 2.74. The van der Waals surface area contributed by atoms with Crippen molar-refractivity contribution in [1.82, 2.24) is 9.62 Å². The number of nitrogens with zero attached hydrogens (tertiary/aromatic N) is 1. The van der Waals surface area contributed by atoms with Gasteiger partial charge in [0.15, 0.2) is 0 Å². The van der Waals surface area contributed by atoms with Gasteiger partial charge in [0.25, 0.3) is 0 Å². The van der Waals surface area contributed by atoms with Gasteiger partial charge in [0, 0.05) is 19.2 Å². The van der Waals surface area contributed by atoms with Crippen LogP contribution in [0.25, 0.3) is 0 Å². The Morgan fingerprint density at radius 2 is 2.24 bits per heavy atom. The molecular weight excluding hydrogens is 288 g/mol. The highest BCUT2D eigenvalue weighted by Crippen LogP contribution is 2.25. The van der Waals surface area contributed by atoms with Crippen LogP contribution < -0.4 is 10.1 Å². The molecule has 0 aliphatic carbocycles. The first-order valence-corrected chi connectivity index (χ1v) is 8.89. The maximum absolute atomic E-state index is 12.7. The average Bonchev–Trinajstić information content (AvgIpc) is 2.48. The average molecular weight is 312 g/mol. The third kappa shape index (κ3) is 3.96. The monoisotopic (exact) mass is 312 g/mol. The molecule has 6 heteroatoms. The topological polar surface area (TPSA) is 58.6 Å². The quantitative estimate of drug-likeness (QED) is 0.869. The highest BCUT2D eigenvalue weighted by Gasteiger charge is 2.30. The van der Waals surface area contributed by atoms with Gasteiger partial charge >= 0.3 is 0 Å². The van der Waals surface area contributed by atoms with E-state index in [4.69, 9.17) is 4.74 Å². The minimum Gasteiger partial charge on any atom is -0.494 e. The summed E-state index contributed by atoms with van der Waals surface area (Å²) < 4.78 is 32.5. The number of sulfonamides is 1. The summed E-state index contributed by atoms with van der Waals surface area (Å²) in [6.07, 6.45) is 1.99. The molecule has 0 saturated carbocycles. The number of benzene rings is 1. The minimum atomic E-state index is -3.43. The van der Waals surface area contributed by atoms with Crippen LogP contribution in [0.5, 0.6) is 5.75 Å². The van der Waals surface area contributed by atoms with Crippen LogP contribution in [0.4, 0.5) is 0 Å². The second kappa shape index (κ2) is 7.24. The van der Waals surface area contributed by atoms with Crippen molar-refractivity contribution >= 4 is 10.0 Å². The number of rotatable bonds is 6. The van der Waals surface area contributed by atoms with E-state index >= 15 is 0 Å². The van der Waals surface area contributed by atoms with Crippen LogP contribution in [-0.2, 0) is 10.0 Å². The smallest absolute Gasteiger partial charge is 0.243 e. The Labute approximate surface area is 127 Å². The van der Waals surface area contributed by atoms with Gasteiger partial charge in [-0.05, 0) is 51.4 Å². The molecule has 1 saturated heterocycles. The molecule has 1 aliphatic rings. The first-order chi connectivity index (χ1) is 10.1. The Morgan fingerprint density at radius 1 is 1.43 bits per heavy atom. The Kier molecular flexibility index (Phi) is 5.61. The number of ether oxygens (including phenoxy) is 1. The van der Waals surface area contributed by atoms with E-state index in [2.05, 4.69) is 5.32 Å². The van der Waals surface area contributed by atoms with Crippen LogP contribution in [0.3, 0.4) is 0 Å². The SMILES string of the molecule is CCOc1cccc(S(=O)(=O)N2CCCC(CNC)C2)c1. The molecule has 1 fully saturated rings. The van der Waals surface area contributed by atoms with Crippen molar-refractivity contribution < 1.29 is 13.2 Å². The van der Waals surface area contributed by atoms with E-state index in [1.807, 2.05) is 14.0 Å². The van der Waals surface area contributed by atoms with Crippen molar-refractivity contribution in [3.8, 4) is 5.75 Å². The predicted octanol–water partition coefficient (Wildman–Crippen LogP) is 1.71. The van der Waals surface area contributed by atoms with E-state index in [0.717, 1.165) is 19.4 Å². The van der Waals surface area contributed by atoms with Gasteiger partial charge in [0.2, 0.25) is 10.0 Å². The summed E-state index contributed by atoms with van der Waals surface area (Å²) in [7, 11) is -1.53. The zero-order valence-corrected chi connectivity index (χ0v) is 13.5. The van der Waals surface area contributed by atoms with Gasteiger partial charge < -0.3 is 10.1 Å². The molecule has 2 rings (SSSR count). The lowest BCUT2D eigenvalue weighted by Crippen LogP contribution is -2.42. The van der Waals surface area contributed by atoms with Gasteiger partial charge in [-0.3, -0.25) is 0 Å². The standard InChI is InChI=1S/C15H24N2O3S/c1-3-20-14-7-4-8-15(10-14)21(18,19)17-9-5-6-13(12-17)11-16-2/h4,7-8,10,13,16H,3,5-6,9,11-12H2,1-2H3. The summed E-state index contributed by atoms with van der Waals surface area (Å²) in [5, 5.41) is 3.13. The summed E-state index contributed by atoms with van der Waals surface area (Å²) in [5.41, 5.74) is 0. The lowest BCUT2D eigenvalue weighted by molar-refractivity contribution is 0.263. The van der Waals surface area contributed by atoms with Gasteiger partial charge in [-0.15, -0.1) is 0 Å². The summed E-state index contributed by atoms with van der Waals surface area (Å²) >= 11 is 0. The minimum absolute atomic E-state index is 0.318. The molecule has 1 aromatic carbocycles. The predicted molar refractivity (Wildman–Crippen MR) is 83.0 cm³/mol. The van der Waals surface area contributed by atoms with E-state index < -0.39 is 10.0 Å². The molecule has 0 amide bonds. The number of nitrogens with one attached hydrogen (secondary N) is 1. The van der Waals surface area contributed by atoms with Crippen molar-refractivity contribution in [2.45, 2.75) is 24.7 Å². The third-order valence-corrected chi connectivity index (χ3v) is 5.59. The van der Waals surface area contributed by atoms with E-state index in [1.165, 1.54) is 0 Å². The van der Waals surface area contributed by atoms with Crippen LogP contribution in [-0.4, -0.2) is 46.0 Å². The Balaban J connectivity index is 2.18. The molecule has 0 spiro atoms. The fourth-order valence-corrected chi connectivity index (χ4v) is 4.33. The van der Waals surface area contributed by atoms with Crippen LogP contribution in [0.15, 0.2) is 29.2 Å². The molecule has 1 unspecified atom stereocenters. The molecule has 1 atom stereocenters. The molecule has 1 aliphatic heterocycles.